The molecular weight excluding hydrogens is 227 g/mol. The molecule has 1 aromatic heterocycles. The van der Waals surface area contributed by atoms with Crippen LogP contribution in [-0.4, -0.2) is 9.55 Å². The van der Waals surface area contributed by atoms with E-state index in [-0.39, 0.29) is 5.82 Å². The first kappa shape index (κ1) is 10.1. The predicted octanol–water partition coefficient (Wildman–Crippen LogP) is 3.50. The molecule has 1 heterocycles. The minimum atomic E-state index is -0.248. The molecule has 3 rings (SSSR count). The fraction of sp³-hybridized carbons (Fsp3) is 0.417. The number of alkyl halides is 1. The fourth-order valence-corrected chi connectivity index (χ4v) is 2.44. The maximum atomic E-state index is 13.1. The lowest BCUT2D eigenvalue weighted by Gasteiger charge is -2.05. The number of imidazole rings is 1. The van der Waals surface area contributed by atoms with E-state index in [4.69, 9.17) is 11.6 Å². The van der Waals surface area contributed by atoms with E-state index in [9.17, 15) is 4.39 Å². The van der Waals surface area contributed by atoms with Crippen molar-refractivity contribution in [2.75, 3.05) is 0 Å². The zero-order chi connectivity index (χ0) is 11.3. The summed E-state index contributed by atoms with van der Waals surface area (Å²) in [5.41, 5.74) is 1.70. The summed E-state index contributed by atoms with van der Waals surface area (Å²) in [5.74, 6) is 1.64. The van der Waals surface area contributed by atoms with Gasteiger partial charge < -0.3 is 4.57 Å². The van der Waals surface area contributed by atoms with Crippen LogP contribution in [0.4, 0.5) is 4.39 Å². The first-order valence-corrected chi connectivity index (χ1v) is 5.96. The summed E-state index contributed by atoms with van der Waals surface area (Å²) in [5, 5.41) is 0. The Balaban J connectivity index is 2.23. The van der Waals surface area contributed by atoms with Crippen molar-refractivity contribution >= 4 is 22.6 Å². The Hall–Kier alpha value is -1.09. The third-order valence-electron chi connectivity index (χ3n) is 3.24. The SMILES string of the molecule is CC1CC1n1c(CCl)nc2cc(F)ccc21. The molecule has 1 aliphatic carbocycles. The molecule has 1 aliphatic rings. The van der Waals surface area contributed by atoms with Gasteiger partial charge in [0.25, 0.3) is 0 Å². The van der Waals surface area contributed by atoms with E-state index >= 15 is 0 Å². The fourth-order valence-electron chi connectivity index (χ4n) is 2.25. The number of fused-ring (bicyclic) bond motifs is 1. The zero-order valence-corrected chi connectivity index (χ0v) is 9.71. The number of aromatic nitrogens is 2. The summed E-state index contributed by atoms with van der Waals surface area (Å²) in [6.45, 7) is 2.21. The van der Waals surface area contributed by atoms with Crippen molar-refractivity contribution in [2.45, 2.75) is 25.3 Å². The molecule has 4 heteroatoms. The van der Waals surface area contributed by atoms with E-state index in [0.29, 0.717) is 23.4 Å². The number of hydrogen-bond donors (Lipinski definition) is 0. The van der Waals surface area contributed by atoms with Crippen molar-refractivity contribution < 1.29 is 4.39 Å². The summed E-state index contributed by atoms with van der Waals surface area (Å²) < 4.78 is 15.3. The van der Waals surface area contributed by atoms with Gasteiger partial charge >= 0.3 is 0 Å². The Morgan fingerprint density at radius 1 is 1.56 bits per heavy atom. The quantitative estimate of drug-likeness (QED) is 0.733. The predicted molar refractivity (Wildman–Crippen MR) is 62.1 cm³/mol. The number of hydrogen-bond acceptors (Lipinski definition) is 1. The van der Waals surface area contributed by atoms with Crippen LogP contribution in [0, 0.1) is 11.7 Å². The van der Waals surface area contributed by atoms with E-state index in [2.05, 4.69) is 16.5 Å². The molecule has 2 aromatic rings. The largest absolute Gasteiger partial charge is 0.324 e. The summed E-state index contributed by atoms with van der Waals surface area (Å²) in [6.07, 6.45) is 1.16. The summed E-state index contributed by atoms with van der Waals surface area (Å²) >= 11 is 5.89. The lowest BCUT2D eigenvalue weighted by atomic mass is 10.3. The van der Waals surface area contributed by atoms with Gasteiger partial charge in [-0.25, -0.2) is 9.37 Å². The zero-order valence-electron chi connectivity index (χ0n) is 8.95. The molecule has 1 aromatic carbocycles. The topological polar surface area (TPSA) is 17.8 Å². The smallest absolute Gasteiger partial charge is 0.125 e. The molecule has 2 atom stereocenters. The van der Waals surface area contributed by atoms with Crippen LogP contribution in [0.5, 0.6) is 0 Å². The summed E-state index contributed by atoms with van der Waals surface area (Å²) in [6, 6.07) is 5.23. The molecule has 1 saturated carbocycles. The van der Waals surface area contributed by atoms with Crippen LogP contribution in [-0.2, 0) is 5.88 Å². The van der Waals surface area contributed by atoms with Gasteiger partial charge in [0.2, 0.25) is 0 Å². The van der Waals surface area contributed by atoms with Gasteiger partial charge in [0.05, 0.1) is 16.9 Å². The average Bonchev–Trinajstić information content (AvgIpc) is 2.86. The Labute approximate surface area is 98.0 Å². The van der Waals surface area contributed by atoms with Crippen molar-refractivity contribution in [2.24, 2.45) is 5.92 Å². The van der Waals surface area contributed by atoms with E-state index in [0.717, 1.165) is 17.8 Å². The van der Waals surface area contributed by atoms with Crippen LogP contribution in [0.15, 0.2) is 18.2 Å². The highest BCUT2D eigenvalue weighted by molar-refractivity contribution is 6.16. The van der Waals surface area contributed by atoms with Crippen molar-refractivity contribution in [3.05, 3.63) is 29.8 Å². The van der Waals surface area contributed by atoms with E-state index in [1.165, 1.54) is 12.1 Å². The Morgan fingerprint density at radius 2 is 2.31 bits per heavy atom. The lowest BCUT2D eigenvalue weighted by molar-refractivity contribution is 0.629. The van der Waals surface area contributed by atoms with Gasteiger partial charge in [-0.05, 0) is 24.5 Å². The van der Waals surface area contributed by atoms with Crippen LogP contribution in [0.1, 0.15) is 25.2 Å². The third kappa shape index (κ3) is 1.42. The number of halogens is 2. The minimum Gasteiger partial charge on any atom is -0.324 e. The standard InChI is InChI=1S/C12H12ClFN2/c1-7-4-11(7)16-10-3-2-8(14)5-9(10)15-12(16)6-13/h2-3,5,7,11H,4,6H2,1H3. The Kier molecular flexibility index (Phi) is 2.18. The Bertz CT molecular complexity index is 549. The second kappa shape index (κ2) is 3.45. The highest BCUT2D eigenvalue weighted by Crippen LogP contribution is 2.45. The molecule has 0 aliphatic heterocycles. The van der Waals surface area contributed by atoms with E-state index in [1.807, 2.05) is 0 Å². The summed E-state index contributed by atoms with van der Waals surface area (Å²) in [7, 11) is 0. The molecule has 0 N–H and O–H groups in total. The van der Waals surface area contributed by atoms with Crippen LogP contribution in [0.25, 0.3) is 11.0 Å². The van der Waals surface area contributed by atoms with Gasteiger partial charge in [-0.3, -0.25) is 0 Å². The molecule has 84 valence electrons. The molecule has 2 nitrogen and oxygen atoms in total. The van der Waals surface area contributed by atoms with Crippen molar-refractivity contribution in [3.63, 3.8) is 0 Å². The molecule has 1 fully saturated rings. The van der Waals surface area contributed by atoms with Crippen LogP contribution in [0.2, 0.25) is 0 Å². The van der Waals surface area contributed by atoms with Crippen molar-refractivity contribution in [1.29, 1.82) is 0 Å². The van der Waals surface area contributed by atoms with Gasteiger partial charge in [-0.1, -0.05) is 6.92 Å². The molecule has 0 saturated heterocycles. The van der Waals surface area contributed by atoms with Gasteiger partial charge in [0.15, 0.2) is 0 Å². The van der Waals surface area contributed by atoms with Gasteiger partial charge in [0, 0.05) is 12.1 Å². The van der Waals surface area contributed by atoms with Crippen molar-refractivity contribution in [3.8, 4) is 0 Å². The molecule has 0 radical (unpaired) electrons. The molecule has 0 bridgehead atoms. The molecular formula is C12H12ClFN2. The summed E-state index contributed by atoms with van der Waals surface area (Å²) in [4.78, 5) is 4.38. The Morgan fingerprint density at radius 3 is 2.94 bits per heavy atom. The molecule has 0 amide bonds. The van der Waals surface area contributed by atoms with E-state index < -0.39 is 0 Å². The second-order valence-corrected chi connectivity index (χ2v) is 4.71. The van der Waals surface area contributed by atoms with Crippen LogP contribution >= 0.6 is 11.6 Å². The monoisotopic (exact) mass is 238 g/mol. The lowest BCUT2D eigenvalue weighted by Crippen LogP contribution is -2.00. The highest BCUT2D eigenvalue weighted by atomic mass is 35.5. The van der Waals surface area contributed by atoms with Crippen molar-refractivity contribution in [1.82, 2.24) is 9.55 Å². The average molecular weight is 239 g/mol. The van der Waals surface area contributed by atoms with E-state index in [1.54, 1.807) is 6.07 Å². The molecule has 2 unspecified atom stereocenters. The maximum absolute atomic E-state index is 13.1. The minimum absolute atomic E-state index is 0.248. The first-order valence-electron chi connectivity index (χ1n) is 5.43. The van der Waals surface area contributed by atoms with Crippen LogP contribution < -0.4 is 0 Å². The normalized spacial score (nSPS) is 23.9. The van der Waals surface area contributed by atoms with Crippen LogP contribution in [0.3, 0.4) is 0 Å². The number of nitrogens with zero attached hydrogens (tertiary/aromatic N) is 2. The highest BCUT2D eigenvalue weighted by Gasteiger charge is 2.36. The number of benzene rings is 1. The third-order valence-corrected chi connectivity index (χ3v) is 3.48. The molecule has 0 spiro atoms. The number of rotatable bonds is 2. The molecule has 16 heavy (non-hydrogen) atoms. The maximum Gasteiger partial charge on any atom is 0.125 e. The second-order valence-electron chi connectivity index (χ2n) is 4.45. The first-order chi connectivity index (χ1) is 7.70. The van der Waals surface area contributed by atoms with Gasteiger partial charge in [-0.15, -0.1) is 11.6 Å². The van der Waals surface area contributed by atoms with Gasteiger partial charge in [-0.2, -0.15) is 0 Å². The van der Waals surface area contributed by atoms with Gasteiger partial charge in [0.1, 0.15) is 11.6 Å².